The van der Waals surface area contributed by atoms with Crippen LogP contribution in [0.15, 0.2) is 26.7 Å². The van der Waals surface area contributed by atoms with Gasteiger partial charge < -0.3 is 16.0 Å². The molecule has 1 heterocycles. The lowest BCUT2D eigenvalue weighted by Gasteiger charge is -2.20. The summed E-state index contributed by atoms with van der Waals surface area (Å²) < 4.78 is 26.8. The quantitative estimate of drug-likeness (QED) is 0.179. The maximum Gasteiger partial charge on any atom is 0.250 e. The minimum absolute atomic E-state index is 0. The predicted molar refractivity (Wildman–Crippen MR) is 117 cm³/mol. The first-order valence-corrected chi connectivity index (χ1v) is 10.4. The Kier molecular flexibility index (Phi) is 11.3. The number of nitrogens with one attached hydrogen (secondary N) is 4. The summed E-state index contributed by atoms with van der Waals surface area (Å²) in [6.07, 6.45) is 0. The number of rotatable bonds is 8. The Labute approximate surface area is 176 Å². The summed E-state index contributed by atoms with van der Waals surface area (Å²) in [4.78, 5) is 16.0. The number of aliphatic imine (C=N–C) groups is 1. The number of halogens is 1. The molecule has 0 aliphatic heterocycles. The summed E-state index contributed by atoms with van der Waals surface area (Å²) in [6, 6.07) is 3.25. The normalized spacial score (nSPS) is 12.2. The van der Waals surface area contributed by atoms with Crippen LogP contribution in [0, 0.1) is 0 Å². The molecule has 1 amide bonds. The molecule has 1 aromatic rings. The molecule has 0 bridgehead atoms. The van der Waals surface area contributed by atoms with Crippen LogP contribution in [0.5, 0.6) is 0 Å². The van der Waals surface area contributed by atoms with E-state index >= 15 is 0 Å². The van der Waals surface area contributed by atoms with Crippen molar-refractivity contribution in [2.24, 2.45) is 4.99 Å². The van der Waals surface area contributed by atoms with Crippen molar-refractivity contribution in [3.63, 3.8) is 0 Å². The third-order valence-corrected chi connectivity index (χ3v) is 5.57. The van der Waals surface area contributed by atoms with Crippen LogP contribution in [0.4, 0.5) is 0 Å². The minimum atomic E-state index is -3.47. The van der Waals surface area contributed by atoms with Gasteiger partial charge in [0.25, 0.3) is 0 Å². The van der Waals surface area contributed by atoms with Crippen LogP contribution in [0.1, 0.15) is 27.7 Å². The van der Waals surface area contributed by atoms with Crippen molar-refractivity contribution in [1.29, 1.82) is 0 Å². The molecule has 0 unspecified atom stereocenters. The van der Waals surface area contributed by atoms with Crippen molar-refractivity contribution in [3.8, 4) is 0 Å². The van der Waals surface area contributed by atoms with Gasteiger partial charge in [-0.1, -0.05) is 6.07 Å². The zero-order valence-electron chi connectivity index (χ0n) is 15.5. The second-order valence-electron chi connectivity index (χ2n) is 6.25. The van der Waals surface area contributed by atoms with Gasteiger partial charge in [0.1, 0.15) is 10.8 Å². The molecule has 26 heavy (non-hydrogen) atoms. The summed E-state index contributed by atoms with van der Waals surface area (Å²) in [6.45, 7) is 8.79. The number of nitrogens with zero attached hydrogens (tertiary/aromatic N) is 1. The third-order valence-electron chi connectivity index (χ3n) is 2.71. The zero-order valence-corrected chi connectivity index (χ0v) is 19.4. The lowest BCUT2D eigenvalue weighted by atomic mass is 10.1. The second-order valence-corrected chi connectivity index (χ2v) is 9.19. The van der Waals surface area contributed by atoms with Gasteiger partial charge in [-0.3, -0.25) is 4.79 Å². The molecule has 11 heteroatoms. The molecular weight excluding hydrogens is 489 g/mol. The maximum absolute atomic E-state index is 12.0. The highest BCUT2D eigenvalue weighted by Gasteiger charge is 2.14. The number of thiophene rings is 1. The molecule has 0 aliphatic carbocycles. The summed E-state index contributed by atoms with van der Waals surface area (Å²) in [5.41, 5.74) is -0.307. The number of hydrogen-bond donors (Lipinski definition) is 4. The molecule has 8 nitrogen and oxygen atoms in total. The fourth-order valence-electron chi connectivity index (χ4n) is 1.80. The molecule has 0 saturated heterocycles. The maximum atomic E-state index is 12.0. The SMILES string of the molecule is CCNC(=NCC(=O)NC(C)(C)C)NCCNS(=O)(=O)c1cccs1.I. The fraction of sp³-hybridized carbons (Fsp3) is 0.600. The van der Waals surface area contributed by atoms with Crippen molar-refractivity contribution in [1.82, 2.24) is 20.7 Å². The zero-order chi connectivity index (χ0) is 18.9. The van der Waals surface area contributed by atoms with Crippen LogP contribution in [0.3, 0.4) is 0 Å². The topological polar surface area (TPSA) is 112 Å². The first-order valence-electron chi connectivity index (χ1n) is 8.00. The Bertz CT molecular complexity index is 670. The van der Waals surface area contributed by atoms with E-state index in [0.717, 1.165) is 0 Å². The third kappa shape index (κ3) is 10.3. The van der Waals surface area contributed by atoms with Gasteiger partial charge in [-0.25, -0.2) is 18.1 Å². The average Bonchev–Trinajstić information content (AvgIpc) is 3.02. The van der Waals surface area contributed by atoms with E-state index in [1.165, 1.54) is 11.3 Å². The number of carbonyl (C=O) groups excluding carboxylic acids is 1. The van der Waals surface area contributed by atoms with E-state index in [4.69, 9.17) is 0 Å². The Balaban J connectivity index is 0.00000625. The van der Waals surface area contributed by atoms with Crippen LogP contribution in [-0.2, 0) is 14.8 Å². The molecule has 0 atom stereocenters. The van der Waals surface area contributed by atoms with Crippen molar-refractivity contribution < 1.29 is 13.2 Å². The first kappa shape index (κ1) is 25.1. The number of carbonyl (C=O) groups is 1. The average molecular weight is 517 g/mol. The minimum Gasteiger partial charge on any atom is -0.357 e. The number of hydrogen-bond acceptors (Lipinski definition) is 5. The number of amides is 1. The van der Waals surface area contributed by atoms with Gasteiger partial charge in [0, 0.05) is 25.2 Å². The van der Waals surface area contributed by atoms with Gasteiger partial charge in [0.2, 0.25) is 15.9 Å². The Hall–Kier alpha value is -0.920. The molecule has 0 radical (unpaired) electrons. The van der Waals surface area contributed by atoms with Crippen molar-refractivity contribution >= 4 is 57.2 Å². The van der Waals surface area contributed by atoms with Gasteiger partial charge in [-0.2, -0.15) is 0 Å². The first-order chi connectivity index (χ1) is 11.6. The van der Waals surface area contributed by atoms with Gasteiger partial charge in [-0.05, 0) is 39.1 Å². The molecule has 1 rings (SSSR count). The van der Waals surface area contributed by atoms with Gasteiger partial charge in [0.05, 0.1) is 0 Å². The highest BCUT2D eigenvalue weighted by Crippen LogP contribution is 2.14. The lowest BCUT2D eigenvalue weighted by molar-refractivity contribution is -0.121. The van der Waals surface area contributed by atoms with Crippen molar-refractivity contribution in [2.75, 3.05) is 26.2 Å². The van der Waals surface area contributed by atoms with Crippen LogP contribution >= 0.6 is 35.3 Å². The van der Waals surface area contributed by atoms with E-state index in [1.807, 2.05) is 27.7 Å². The molecule has 0 aliphatic rings. The molecule has 0 saturated carbocycles. The van der Waals surface area contributed by atoms with E-state index in [0.29, 0.717) is 19.0 Å². The van der Waals surface area contributed by atoms with Crippen LogP contribution in [-0.4, -0.2) is 52.0 Å². The van der Waals surface area contributed by atoms with Crippen molar-refractivity contribution in [3.05, 3.63) is 17.5 Å². The Morgan fingerprint density at radius 2 is 1.92 bits per heavy atom. The molecule has 150 valence electrons. The fourth-order valence-corrected chi connectivity index (χ4v) is 3.87. The Morgan fingerprint density at radius 1 is 1.23 bits per heavy atom. The van der Waals surface area contributed by atoms with E-state index in [-0.39, 0.29) is 52.7 Å². The van der Waals surface area contributed by atoms with Crippen LogP contribution in [0.25, 0.3) is 0 Å². The number of guanidine groups is 1. The van der Waals surface area contributed by atoms with E-state index in [2.05, 4.69) is 25.7 Å². The molecule has 0 fully saturated rings. The summed E-state index contributed by atoms with van der Waals surface area (Å²) >= 11 is 1.17. The van der Waals surface area contributed by atoms with E-state index < -0.39 is 10.0 Å². The van der Waals surface area contributed by atoms with Crippen molar-refractivity contribution in [2.45, 2.75) is 37.4 Å². The molecule has 1 aromatic heterocycles. The smallest absolute Gasteiger partial charge is 0.250 e. The monoisotopic (exact) mass is 517 g/mol. The summed E-state index contributed by atoms with van der Waals surface area (Å²) in [5, 5.41) is 10.5. The highest BCUT2D eigenvalue weighted by molar-refractivity contribution is 14.0. The van der Waals surface area contributed by atoms with Gasteiger partial charge in [0.15, 0.2) is 5.96 Å². The standard InChI is InChI=1S/C15H27N5O3S2.HI/c1-5-16-14(18-11-12(21)20-15(2,3)4)17-8-9-19-25(22,23)13-7-6-10-24-13;/h6-7,10,19H,5,8-9,11H2,1-4H3,(H,20,21)(H2,16,17,18);1H. The van der Waals surface area contributed by atoms with Crippen LogP contribution in [0.2, 0.25) is 0 Å². The molecule has 4 N–H and O–H groups in total. The molecular formula is C15H28IN5O3S2. The van der Waals surface area contributed by atoms with Crippen LogP contribution < -0.4 is 20.7 Å². The summed E-state index contributed by atoms with van der Waals surface area (Å²) in [5.74, 6) is 0.282. The second kappa shape index (κ2) is 11.7. The Morgan fingerprint density at radius 3 is 2.46 bits per heavy atom. The largest absolute Gasteiger partial charge is 0.357 e. The predicted octanol–water partition coefficient (Wildman–Crippen LogP) is 1.11. The van der Waals surface area contributed by atoms with Gasteiger partial charge >= 0.3 is 0 Å². The molecule has 0 aromatic carbocycles. The molecule has 0 spiro atoms. The van der Waals surface area contributed by atoms with Gasteiger partial charge in [-0.15, -0.1) is 35.3 Å². The lowest BCUT2D eigenvalue weighted by Crippen LogP contribution is -2.44. The van der Waals surface area contributed by atoms with E-state index in [1.54, 1.807) is 17.5 Å². The number of sulfonamides is 1. The summed E-state index contributed by atoms with van der Waals surface area (Å²) in [7, 11) is -3.47. The highest BCUT2D eigenvalue weighted by atomic mass is 127. The van der Waals surface area contributed by atoms with E-state index in [9.17, 15) is 13.2 Å².